The molecule has 0 unspecified atom stereocenters. The fourth-order valence-electron chi connectivity index (χ4n) is 17.8. The summed E-state index contributed by atoms with van der Waals surface area (Å²) in [5.74, 6) is -19.9. The fourth-order valence-corrected chi connectivity index (χ4v) is 18.7. The number of aromatic amines is 2. The second-order valence-corrected chi connectivity index (χ2v) is 36.3. The summed E-state index contributed by atoms with van der Waals surface area (Å²) in [7, 11) is 2.62. The van der Waals surface area contributed by atoms with E-state index in [1.54, 1.807) is 54.7 Å². The summed E-state index contributed by atoms with van der Waals surface area (Å²) >= 11 is 0.758. The molecule has 4 fully saturated rings. The molecule has 0 aliphatic carbocycles. The number of nitrogens with two attached hydrogens (primary N) is 5. The van der Waals surface area contributed by atoms with E-state index in [0.717, 1.165) is 31.4 Å². The molecule has 0 radical (unpaired) electrons. The van der Waals surface area contributed by atoms with Gasteiger partial charge < -0.3 is 136 Å². The Morgan fingerprint density at radius 1 is 0.525 bits per heavy atom. The number of likely N-dealkylation sites (N-methyl/N-ethyl adjacent to an activating group) is 2. The van der Waals surface area contributed by atoms with Crippen LogP contribution >= 0.6 is 11.8 Å². The highest BCUT2D eigenvalue weighted by molar-refractivity contribution is 8.00. The third-order valence-electron chi connectivity index (χ3n) is 25.1. The summed E-state index contributed by atoms with van der Waals surface area (Å²) in [5.41, 5.74) is 31.8. The number of carbonyl (C=O) groups is 19. The molecule has 10 rings (SSSR count). The number of imidazole rings is 1. The van der Waals surface area contributed by atoms with E-state index in [0.29, 0.717) is 70.6 Å². The Morgan fingerprint density at radius 3 is 1.73 bits per heavy atom. The monoisotopic (exact) mass is 1950 g/mol. The molecular formula is C92H126N24O22S. The number of primary amides is 3. The molecule has 18 amide bonds. The molecule has 4 aliphatic rings. The second-order valence-electron chi connectivity index (χ2n) is 35.3. The minimum Gasteiger partial charge on any atom is -0.508 e. The summed E-state index contributed by atoms with van der Waals surface area (Å²) in [5, 5.41) is 59.2. The van der Waals surface area contributed by atoms with Crippen LogP contribution in [0.2, 0.25) is 0 Å². The van der Waals surface area contributed by atoms with E-state index >= 15 is 47.9 Å². The maximum absolute atomic E-state index is 15.9. The number of benzene rings is 3. The van der Waals surface area contributed by atoms with Crippen LogP contribution in [0.1, 0.15) is 139 Å². The number of thioether (sulfide) groups is 1. The number of nitrogens with one attached hydrogen (secondary N) is 12. The van der Waals surface area contributed by atoms with Gasteiger partial charge in [-0.1, -0.05) is 88.1 Å². The number of aliphatic carboxylic acids is 1. The summed E-state index contributed by atoms with van der Waals surface area (Å²) < 4.78 is 1.42. The highest BCUT2D eigenvalue weighted by atomic mass is 32.2. The van der Waals surface area contributed by atoms with Gasteiger partial charge in [0.25, 0.3) is 0 Å². The van der Waals surface area contributed by atoms with Crippen LogP contribution in [-0.4, -0.2) is 327 Å². The molecule has 4 saturated heterocycles. The first-order valence-electron chi connectivity index (χ1n) is 46.5. The Morgan fingerprint density at radius 2 is 1.09 bits per heavy atom. The van der Waals surface area contributed by atoms with Gasteiger partial charge in [0.1, 0.15) is 96.9 Å². The number of hydrogen-bond acceptors (Lipinski definition) is 25. The topological polar surface area (TPSA) is 701 Å². The van der Waals surface area contributed by atoms with Crippen molar-refractivity contribution in [1.82, 2.24) is 97.2 Å². The number of aromatic nitrogens is 4. The molecule has 3 aromatic heterocycles. The van der Waals surface area contributed by atoms with Gasteiger partial charge in [-0.2, -0.15) is 0 Å². The molecule has 752 valence electrons. The van der Waals surface area contributed by atoms with E-state index in [-0.39, 0.29) is 95.3 Å². The van der Waals surface area contributed by atoms with Crippen molar-refractivity contribution in [3.8, 4) is 5.75 Å². The number of H-pyrrole nitrogens is 2. The average Bonchev–Trinajstić information content (AvgIpc) is 1.60. The van der Waals surface area contributed by atoms with Crippen LogP contribution < -0.4 is 81.8 Å². The van der Waals surface area contributed by atoms with Gasteiger partial charge in [0, 0.05) is 131 Å². The van der Waals surface area contributed by atoms with Crippen LogP contribution in [0.15, 0.2) is 97.7 Å². The highest BCUT2D eigenvalue weighted by Gasteiger charge is 2.48. The molecule has 139 heavy (non-hydrogen) atoms. The molecule has 0 bridgehead atoms. The predicted molar refractivity (Wildman–Crippen MR) is 504 cm³/mol. The van der Waals surface area contributed by atoms with Crippen molar-refractivity contribution in [3.05, 3.63) is 120 Å². The van der Waals surface area contributed by atoms with E-state index in [9.17, 15) is 58.5 Å². The summed E-state index contributed by atoms with van der Waals surface area (Å²) in [6.07, 6.45) is 2.20. The van der Waals surface area contributed by atoms with Crippen LogP contribution in [0, 0.1) is 0 Å². The molecule has 3 aromatic carbocycles. The molecule has 4 aliphatic heterocycles. The van der Waals surface area contributed by atoms with E-state index in [4.69, 9.17) is 28.7 Å². The van der Waals surface area contributed by atoms with E-state index in [2.05, 4.69) is 68.1 Å². The van der Waals surface area contributed by atoms with Gasteiger partial charge in [-0.25, -0.2) is 4.98 Å². The minimum atomic E-state index is -1.79. The summed E-state index contributed by atoms with van der Waals surface area (Å²) in [4.78, 5) is 292. The predicted octanol–water partition coefficient (Wildman–Crippen LogP) is -4.57. The first kappa shape index (κ1) is 107. The van der Waals surface area contributed by atoms with Crippen molar-refractivity contribution in [3.63, 3.8) is 0 Å². The minimum absolute atomic E-state index is 0.0219. The van der Waals surface area contributed by atoms with Crippen LogP contribution in [0.5, 0.6) is 5.75 Å². The largest absolute Gasteiger partial charge is 0.508 e. The number of rotatable bonds is 27. The molecule has 0 saturated carbocycles. The molecule has 25 N–H and O–H groups in total. The van der Waals surface area contributed by atoms with Crippen LogP contribution in [0.3, 0.4) is 0 Å². The molecule has 47 heteroatoms. The van der Waals surface area contributed by atoms with Crippen molar-refractivity contribution < 1.29 is 106 Å². The number of fused-ring (bicyclic) bond motifs is 5. The first-order valence-corrected chi connectivity index (χ1v) is 47.6. The number of unbranched alkanes of at least 4 members (excludes halogenated alkanes) is 2. The van der Waals surface area contributed by atoms with E-state index < -0.39 is 273 Å². The molecule has 6 aromatic rings. The highest BCUT2D eigenvalue weighted by Crippen LogP contribution is 2.30. The van der Waals surface area contributed by atoms with Gasteiger partial charge in [0.05, 0.1) is 31.1 Å². The Labute approximate surface area is 804 Å². The number of carbonyl (C=O) groups excluding carboxylic acids is 18. The SMILES string of the molecule is CCCC[C@H]1C(=O)N(C)[C@@H](CCCC)C(=O)N[C@@H](CN)C(=O)N[C@H](C(=O)NCC(N)=O)CSCC(=O)N[C@H](Cc2ccc(O)cc2)C(=O)N2CCCC[C@H]2C(=O)N[C@@H](CC(N)=O)C(=O)N2CCC[C@H]2C(=O)N[C@@H](Cc2cnc[nH]2)C(=O)N[C@@H](CCC(N)=O)C(=O)N2C[C@H](O)C[C@H]2C(=O)N[C@@H](Cc2c[nH]c3ccccc23)C(=O)N[C@@H](CCN)C(=O)N[C@@H](Cc2cn(CC(=O)O)c3ccccc23)C(=O)N1C. The van der Waals surface area contributed by atoms with E-state index in [1.807, 2.05) is 13.8 Å². The Bertz CT molecular complexity index is 5440. The normalized spacial score (nSPS) is 24.8. The van der Waals surface area contributed by atoms with E-state index in [1.165, 1.54) is 66.5 Å². The number of aliphatic hydroxyl groups is 1. The number of phenolic OH excluding ortho intramolecular Hbond substituents is 1. The molecule has 0 spiro atoms. The van der Waals surface area contributed by atoms with Crippen molar-refractivity contribution in [2.45, 2.75) is 239 Å². The second kappa shape index (κ2) is 50.8. The molecular weight excluding hydrogens is 1830 g/mol. The third kappa shape index (κ3) is 29.0. The van der Waals surface area contributed by atoms with Crippen molar-refractivity contribution in [2.75, 3.05) is 64.9 Å². The quantitative estimate of drug-likeness (QED) is 0.0231. The smallest absolute Gasteiger partial charge is 0.323 e. The lowest BCUT2D eigenvalue weighted by Crippen LogP contribution is -2.62. The van der Waals surface area contributed by atoms with Crippen LogP contribution in [-0.2, 0) is 123 Å². The molecule has 15 atom stereocenters. The van der Waals surface area contributed by atoms with Crippen molar-refractivity contribution >= 4 is 146 Å². The number of piperidine rings is 1. The van der Waals surface area contributed by atoms with Gasteiger partial charge >= 0.3 is 5.97 Å². The van der Waals surface area contributed by atoms with Crippen LogP contribution in [0.25, 0.3) is 21.8 Å². The number of nitrogens with zero attached hydrogens (tertiary/aromatic N) is 7. The molecule has 46 nitrogen and oxygen atoms in total. The Hall–Kier alpha value is -14.1. The first-order chi connectivity index (χ1) is 66.4. The van der Waals surface area contributed by atoms with Gasteiger partial charge in [-0.05, 0) is 105 Å². The average molecular weight is 1950 g/mol. The number of phenols is 1. The lowest BCUT2D eigenvalue weighted by Gasteiger charge is -2.38. The maximum atomic E-state index is 15.9. The zero-order valence-electron chi connectivity index (χ0n) is 77.9. The van der Waals surface area contributed by atoms with Gasteiger partial charge in [-0.15, -0.1) is 11.8 Å². The third-order valence-corrected chi connectivity index (χ3v) is 26.1. The summed E-state index contributed by atoms with van der Waals surface area (Å²) in [6.45, 7) is 0.595. The lowest BCUT2D eigenvalue weighted by atomic mass is 9.97. The number of para-hydroxylation sites is 2. The van der Waals surface area contributed by atoms with Crippen molar-refractivity contribution in [2.24, 2.45) is 28.7 Å². The zero-order chi connectivity index (χ0) is 101. The van der Waals surface area contributed by atoms with Gasteiger partial charge in [-0.3, -0.25) is 91.1 Å². The number of carboxylic acid groups (broad SMARTS) is 1. The number of amides is 18. The Kier molecular flexibility index (Phi) is 39.1. The van der Waals surface area contributed by atoms with Crippen LogP contribution in [0.4, 0.5) is 0 Å². The van der Waals surface area contributed by atoms with Crippen molar-refractivity contribution in [1.29, 1.82) is 0 Å². The maximum Gasteiger partial charge on any atom is 0.323 e. The number of carboxylic acids is 1. The Balaban J connectivity index is 1.03. The number of hydrogen-bond donors (Lipinski definition) is 20. The lowest BCUT2D eigenvalue weighted by molar-refractivity contribution is -0.149. The van der Waals surface area contributed by atoms with Gasteiger partial charge in [0.2, 0.25) is 106 Å². The fraction of sp³-hybridized carbons (Fsp3) is 0.522. The summed E-state index contributed by atoms with van der Waals surface area (Å²) in [6, 6.07) is -3.27. The number of aliphatic hydroxyl groups excluding tert-OH is 1. The number of aromatic hydroxyl groups is 1. The zero-order valence-corrected chi connectivity index (χ0v) is 78.7. The standard InChI is InChI=1S/C92H126N24O22S/c1-5-7-19-69-84(130)109-66(40-94)83(129)110-67(79(125)100-43-76(97)121)47-139-48-77(122)102-63(34-50-24-26-54(117)27-25-50)90(136)114-32-14-13-22-70(114)86(132)108-65(39-75(96)120)91(137)115-33-15-23-71(115)85(131)106-62(37-53-42-98-49-101-53)82(128)104-60(28-29-74(95)119)89(135)116-45-55(118)38-73(116)87(133)105-61(35-51-41-99-58-18-11-9-16-56(51)58)81(127)103-59(30-31-93)80(126)107-64(88(134)112(4)72(20-8-6-2)92(138)111(69)3)36-52-44-113(46-78(123)124)68-21-12-10-17-57(52)68/h9-12,16-18,21,24-27,41-42,44,49,55,59-67,69-73,99,117-118H,5-8,13-15,19-20,22-23,28-40,43,45-48,93-94H2,1-4H3,(H2,95,119)(H2,96,120)(H2,97,121)(H,98,101)(H,100,125)(H,102,122)(H,103,127)(H,104,128)(H,105,133)(H,106,131)(H,107,126)(H,108,132)(H,109,130)(H,110,129)(H,123,124)/t55-,59+,60+,61+,62+,63-,64+,65+,66+,67+,69+,70+,71+,72+,73+/m1/s1. The molecule has 7 heterocycles. The van der Waals surface area contributed by atoms with Gasteiger partial charge in [0.15, 0.2) is 0 Å².